The van der Waals surface area contributed by atoms with Crippen LogP contribution in [0.4, 0.5) is 0 Å². The summed E-state index contributed by atoms with van der Waals surface area (Å²) in [6.45, 7) is 6.43. The minimum absolute atomic E-state index is 0.0703. The molecule has 3 nitrogen and oxygen atoms in total. The van der Waals surface area contributed by atoms with E-state index >= 15 is 0 Å². The quantitative estimate of drug-likeness (QED) is 0.623. The number of ether oxygens (including phenoxy) is 1. The van der Waals surface area contributed by atoms with Crippen molar-refractivity contribution >= 4 is 29.3 Å². The zero-order valence-electron chi connectivity index (χ0n) is 10.2. The number of rotatable bonds is 4. The zero-order chi connectivity index (χ0) is 12.9. The summed E-state index contributed by atoms with van der Waals surface area (Å²) in [6, 6.07) is 3.47. The summed E-state index contributed by atoms with van der Waals surface area (Å²) in [6.07, 6.45) is 1.60. The average molecular weight is 274 g/mol. The number of nitrogens with zero attached hydrogens (tertiary/aromatic N) is 1. The highest BCUT2D eigenvalue weighted by Gasteiger charge is 2.14. The van der Waals surface area contributed by atoms with E-state index in [1.807, 2.05) is 0 Å². The Hall–Kier alpha value is -0.740. The summed E-state index contributed by atoms with van der Waals surface area (Å²) in [5.41, 5.74) is 0.837. The molecule has 0 radical (unpaired) electrons. The lowest BCUT2D eigenvalue weighted by atomic mass is 10.3. The van der Waals surface area contributed by atoms with Crippen molar-refractivity contribution < 1.29 is 9.53 Å². The number of aromatic nitrogens is 1. The molecule has 0 aromatic carbocycles. The van der Waals surface area contributed by atoms with Crippen LogP contribution in [0.1, 0.15) is 26.3 Å². The van der Waals surface area contributed by atoms with Crippen LogP contribution in [0.15, 0.2) is 18.3 Å². The van der Waals surface area contributed by atoms with Gasteiger partial charge in [-0.15, -0.1) is 11.8 Å². The lowest BCUT2D eigenvalue weighted by molar-refractivity contribution is -0.141. The molecule has 1 rings (SSSR count). The van der Waals surface area contributed by atoms with Crippen molar-refractivity contribution in [1.29, 1.82) is 0 Å². The molecular formula is C12H16ClNO2S. The van der Waals surface area contributed by atoms with E-state index in [2.05, 4.69) is 25.8 Å². The maximum absolute atomic E-state index is 11.4. The predicted molar refractivity (Wildman–Crippen MR) is 71.3 cm³/mol. The third-order valence-corrected chi connectivity index (χ3v) is 3.28. The molecule has 17 heavy (non-hydrogen) atoms. The summed E-state index contributed by atoms with van der Waals surface area (Å²) in [5.74, 6) is 0.157. The molecule has 1 aromatic rings. The minimum atomic E-state index is -0.208. The summed E-state index contributed by atoms with van der Waals surface area (Å²) < 4.78 is 5.19. The lowest BCUT2D eigenvalue weighted by Gasteiger charge is -2.16. The number of halogens is 1. The number of carbonyl (C=O) groups is 1. The van der Waals surface area contributed by atoms with Crippen LogP contribution in [0.2, 0.25) is 5.15 Å². The maximum Gasteiger partial charge on any atom is 0.316 e. The Morgan fingerprint density at radius 1 is 1.47 bits per heavy atom. The monoisotopic (exact) mass is 273 g/mol. The molecule has 0 amide bonds. The molecule has 0 bridgehead atoms. The van der Waals surface area contributed by atoms with Gasteiger partial charge in [-0.3, -0.25) is 4.79 Å². The number of esters is 1. The Morgan fingerprint density at radius 3 is 2.71 bits per heavy atom. The molecule has 5 heteroatoms. The standard InChI is InChI=1S/C12H16ClNO2S/c1-12(2,3)17-8-11(15)16-7-9-4-5-10(13)14-6-9/h4-6H,7-8H2,1-3H3. The molecule has 0 N–H and O–H groups in total. The van der Waals surface area contributed by atoms with Crippen molar-refractivity contribution in [3.05, 3.63) is 29.0 Å². The number of carbonyl (C=O) groups excluding carboxylic acids is 1. The van der Waals surface area contributed by atoms with E-state index in [0.29, 0.717) is 10.9 Å². The minimum Gasteiger partial charge on any atom is -0.460 e. The highest BCUT2D eigenvalue weighted by atomic mass is 35.5. The van der Waals surface area contributed by atoms with E-state index < -0.39 is 0 Å². The molecular weight excluding hydrogens is 258 g/mol. The normalized spacial score (nSPS) is 11.3. The molecule has 0 aliphatic heterocycles. The SMILES string of the molecule is CC(C)(C)SCC(=O)OCc1ccc(Cl)nc1. The molecule has 0 fully saturated rings. The molecule has 0 saturated heterocycles. The third-order valence-electron chi connectivity index (χ3n) is 1.81. The van der Waals surface area contributed by atoms with E-state index in [4.69, 9.17) is 16.3 Å². The Morgan fingerprint density at radius 2 is 2.18 bits per heavy atom. The first-order valence-electron chi connectivity index (χ1n) is 5.27. The Balaban J connectivity index is 2.31. The number of hydrogen-bond acceptors (Lipinski definition) is 4. The van der Waals surface area contributed by atoms with Crippen LogP contribution >= 0.6 is 23.4 Å². The van der Waals surface area contributed by atoms with Gasteiger partial charge >= 0.3 is 5.97 Å². The number of pyridine rings is 1. The fraction of sp³-hybridized carbons (Fsp3) is 0.500. The smallest absolute Gasteiger partial charge is 0.316 e. The molecule has 94 valence electrons. The molecule has 0 saturated carbocycles. The van der Waals surface area contributed by atoms with Gasteiger partial charge in [-0.25, -0.2) is 4.98 Å². The van der Waals surface area contributed by atoms with Crippen LogP contribution in [-0.4, -0.2) is 21.5 Å². The fourth-order valence-corrected chi connectivity index (χ4v) is 1.72. The van der Waals surface area contributed by atoms with E-state index in [1.54, 1.807) is 30.1 Å². The van der Waals surface area contributed by atoms with Crippen molar-refractivity contribution in [3.8, 4) is 0 Å². The summed E-state index contributed by atoms with van der Waals surface area (Å²) in [7, 11) is 0. The molecule has 1 aromatic heterocycles. The molecule has 0 aliphatic carbocycles. The van der Waals surface area contributed by atoms with E-state index in [9.17, 15) is 4.79 Å². The van der Waals surface area contributed by atoms with Crippen molar-refractivity contribution in [2.75, 3.05) is 5.75 Å². The Bertz CT molecular complexity index is 373. The molecule has 0 spiro atoms. The first-order chi connectivity index (χ1) is 7.87. The van der Waals surface area contributed by atoms with Crippen LogP contribution in [0.3, 0.4) is 0 Å². The molecule has 0 unspecified atom stereocenters. The van der Waals surface area contributed by atoms with Gasteiger partial charge in [-0.2, -0.15) is 0 Å². The van der Waals surface area contributed by atoms with Gasteiger partial charge in [0, 0.05) is 16.5 Å². The second-order valence-corrected chi connectivity index (χ2v) is 6.74. The van der Waals surface area contributed by atoms with E-state index in [1.165, 1.54) is 0 Å². The van der Waals surface area contributed by atoms with Crippen molar-refractivity contribution in [2.24, 2.45) is 0 Å². The van der Waals surface area contributed by atoms with Crippen LogP contribution < -0.4 is 0 Å². The topological polar surface area (TPSA) is 39.2 Å². The largest absolute Gasteiger partial charge is 0.460 e. The van der Waals surface area contributed by atoms with Crippen molar-refractivity contribution in [1.82, 2.24) is 4.98 Å². The van der Waals surface area contributed by atoms with Crippen molar-refractivity contribution in [3.63, 3.8) is 0 Å². The molecule has 1 heterocycles. The Kier molecular flexibility index (Phi) is 5.28. The van der Waals surface area contributed by atoms with Gasteiger partial charge in [0.25, 0.3) is 0 Å². The van der Waals surface area contributed by atoms with Crippen LogP contribution in [-0.2, 0) is 16.1 Å². The van der Waals surface area contributed by atoms with Crippen LogP contribution in [0.25, 0.3) is 0 Å². The van der Waals surface area contributed by atoms with Gasteiger partial charge in [0.2, 0.25) is 0 Å². The van der Waals surface area contributed by atoms with E-state index in [0.717, 1.165) is 5.56 Å². The van der Waals surface area contributed by atoms with Crippen molar-refractivity contribution in [2.45, 2.75) is 32.1 Å². The van der Waals surface area contributed by atoms with E-state index in [-0.39, 0.29) is 17.3 Å². The summed E-state index contributed by atoms with van der Waals surface area (Å²) >= 11 is 7.22. The van der Waals surface area contributed by atoms with Gasteiger partial charge in [0.05, 0.1) is 5.75 Å². The Labute approximate surface area is 111 Å². The van der Waals surface area contributed by atoms with Crippen LogP contribution in [0.5, 0.6) is 0 Å². The first-order valence-corrected chi connectivity index (χ1v) is 6.63. The predicted octanol–water partition coefficient (Wildman–Crippen LogP) is 3.31. The van der Waals surface area contributed by atoms with Gasteiger partial charge in [0.1, 0.15) is 11.8 Å². The highest BCUT2D eigenvalue weighted by Crippen LogP contribution is 2.22. The second kappa shape index (κ2) is 6.26. The maximum atomic E-state index is 11.4. The van der Waals surface area contributed by atoms with Gasteiger partial charge in [0.15, 0.2) is 0 Å². The van der Waals surface area contributed by atoms with Gasteiger partial charge in [-0.05, 0) is 6.07 Å². The summed E-state index contributed by atoms with van der Waals surface area (Å²) in [4.78, 5) is 15.4. The second-order valence-electron chi connectivity index (χ2n) is 4.55. The first kappa shape index (κ1) is 14.3. The van der Waals surface area contributed by atoms with Gasteiger partial charge < -0.3 is 4.74 Å². The average Bonchev–Trinajstić information content (AvgIpc) is 2.25. The molecule has 0 atom stereocenters. The highest BCUT2D eigenvalue weighted by molar-refractivity contribution is 8.01. The number of thioether (sulfide) groups is 1. The van der Waals surface area contributed by atoms with Gasteiger partial charge in [-0.1, -0.05) is 38.4 Å². The summed E-state index contributed by atoms with van der Waals surface area (Å²) in [5, 5.41) is 0.434. The fourth-order valence-electron chi connectivity index (χ4n) is 0.973. The zero-order valence-corrected chi connectivity index (χ0v) is 11.8. The van der Waals surface area contributed by atoms with Crippen LogP contribution in [0, 0.1) is 0 Å². The molecule has 0 aliphatic rings. The lowest BCUT2D eigenvalue weighted by Crippen LogP contribution is -2.14. The number of hydrogen-bond donors (Lipinski definition) is 0. The third kappa shape index (κ3) is 6.54.